The third-order valence-electron chi connectivity index (χ3n) is 4.16. The highest BCUT2D eigenvalue weighted by Gasteiger charge is 2.19. The molecule has 0 aliphatic rings. The molecule has 2 N–H and O–H groups in total. The van der Waals surface area contributed by atoms with Gasteiger partial charge in [0.15, 0.2) is 0 Å². The van der Waals surface area contributed by atoms with Crippen LogP contribution < -0.4 is 5.32 Å². The Bertz CT molecular complexity index is 1110. The lowest BCUT2D eigenvalue weighted by Gasteiger charge is -2.11. The third-order valence-corrected chi connectivity index (χ3v) is 4.65. The average molecular weight is 409 g/mol. The van der Waals surface area contributed by atoms with Gasteiger partial charge >= 0.3 is 0 Å². The van der Waals surface area contributed by atoms with E-state index in [9.17, 15) is 5.11 Å². The first-order valence-corrected chi connectivity index (χ1v) is 9.00. The van der Waals surface area contributed by atoms with Crippen LogP contribution in [-0.4, -0.2) is 19.5 Å². The Morgan fingerprint density at radius 1 is 1.00 bits per heavy atom. The van der Waals surface area contributed by atoms with Crippen LogP contribution >= 0.6 is 15.9 Å². The lowest BCUT2D eigenvalue weighted by atomic mass is 10.1. The predicted molar refractivity (Wildman–Crippen MR) is 107 cm³/mol. The quantitative estimate of drug-likeness (QED) is 0.487. The number of phenolic OH excluding ortho intramolecular Hbond substituents is 1. The van der Waals surface area contributed by atoms with E-state index >= 15 is 0 Å². The number of rotatable bonds is 3. The molecule has 0 fully saturated rings. The van der Waals surface area contributed by atoms with Crippen LogP contribution in [0.1, 0.15) is 11.4 Å². The standard InChI is InChI=1S/C20H17BrN4O/c1-12-10-13(2)25-19(23-15-6-4-3-5-7-15)18(24-20(25)22-12)16-9-8-14(21)11-17(16)26/h3-11,23,26H,1-2H3. The van der Waals surface area contributed by atoms with Gasteiger partial charge in [-0.25, -0.2) is 9.97 Å². The van der Waals surface area contributed by atoms with E-state index in [1.165, 1.54) is 0 Å². The number of para-hydroxylation sites is 1. The lowest BCUT2D eigenvalue weighted by Crippen LogP contribution is -2.01. The zero-order valence-corrected chi connectivity index (χ0v) is 15.9. The maximum absolute atomic E-state index is 10.5. The number of nitrogens with one attached hydrogen (secondary N) is 1. The normalized spacial score (nSPS) is 11.0. The minimum atomic E-state index is 0.160. The Labute approximate surface area is 159 Å². The van der Waals surface area contributed by atoms with Gasteiger partial charge in [-0.15, -0.1) is 0 Å². The first-order valence-electron chi connectivity index (χ1n) is 8.20. The van der Waals surface area contributed by atoms with Gasteiger partial charge < -0.3 is 10.4 Å². The number of phenols is 1. The largest absolute Gasteiger partial charge is 0.507 e. The molecule has 130 valence electrons. The molecule has 0 saturated heterocycles. The summed E-state index contributed by atoms with van der Waals surface area (Å²) in [6, 6.07) is 17.3. The van der Waals surface area contributed by atoms with E-state index in [4.69, 9.17) is 4.98 Å². The molecule has 4 rings (SSSR count). The van der Waals surface area contributed by atoms with Gasteiger partial charge in [-0.05, 0) is 50.2 Å². The van der Waals surface area contributed by atoms with Gasteiger partial charge in [-0.3, -0.25) is 4.40 Å². The molecule has 0 unspecified atom stereocenters. The highest BCUT2D eigenvalue weighted by molar-refractivity contribution is 9.10. The zero-order chi connectivity index (χ0) is 18.3. The molecule has 0 radical (unpaired) electrons. The van der Waals surface area contributed by atoms with Crippen molar-refractivity contribution in [3.8, 4) is 17.0 Å². The highest BCUT2D eigenvalue weighted by Crippen LogP contribution is 2.37. The van der Waals surface area contributed by atoms with Crippen LogP contribution in [0.15, 0.2) is 59.1 Å². The summed E-state index contributed by atoms with van der Waals surface area (Å²) < 4.78 is 2.78. The summed E-state index contributed by atoms with van der Waals surface area (Å²) in [5.41, 5.74) is 4.15. The Balaban J connectivity index is 1.99. The highest BCUT2D eigenvalue weighted by atomic mass is 79.9. The van der Waals surface area contributed by atoms with Gasteiger partial charge in [0.1, 0.15) is 17.3 Å². The Morgan fingerprint density at radius 2 is 1.77 bits per heavy atom. The molecule has 2 heterocycles. The van der Waals surface area contributed by atoms with Crippen molar-refractivity contribution in [1.82, 2.24) is 14.4 Å². The summed E-state index contributed by atoms with van der Waals surface area (Å²) in [5.74, 6) is 1.53. The fourth-order valence-corrected chi connectivity index (χ4v) is 3.39. The van der Waals surface area contributed by atoms with Crippen LogP contribution in [-0.2, 0) is 0 Å². The number of benzene rings is 2. The molecule has 6 heteroatoms. The molecular weight excluding hydrogens is 392 g/mol. The van der Waals surface area contributed by atoms with E-state index in [1.54, 1.807) is 6.07 Å². The number of hydrogen-bond donors (Lipinski definition) is 2. The van der Waals surface area contributed by atoms with Crippen LogP contribution in [0.5, 0.6) is 5.75 Å². The van der Waals surface area contributed by atoms with Crippen LogP contribution in [0.3, 0.4) is 0 Å². The second-order valence-corrected chi connectivity index (χ2v) is 7.05. The van der Waals surface area contributed by atoms with Crippen LogP contribution in [0, 0.1) is 13.8 Å². The van der Waals surface area contributed by atoms with Gasteiger partial charge in [0.25, 0.3) is 0 Å². The monoisotopic (exact) mass is 408 g/mol. The molecule has 2 aromatic heterocycles. The van der Waals surface area contributed by atoms with E-state index < -0.39 is 0 Å². The number of aryl methyl sites for hydroxylation is 2. The number of halogens is 1. The molecule has 4 aromatic rings. The molecule has 26 heavy (non-hydrogen) atoms. The van der Waals surface area contributed by atoms with Crippen molar-refractivity contribution < 1.29 is 5.11 Å². The van der Waals surface area contributed by atoms with Gasteiger partial charge in [0, 0.05) is 27.1 Å². The topological polar surface area (TPSA) is 62.5 Å². The van der Waals surface area contributed by atoms with Crippen molar-refractivity contribution in [2.75, 3.05) is 5.32 Å². The SMILES string of the molecule is Cc1cc(C)n2c(Nc3ccccc3)c(-c3ccc(Br)cc3O)nc2n1. The summed E-state index contributed by atoms with van der Waals surface area (Å²) >= 11 is 3.38. The fourth-order valence-electron chi connectivity index (χ4n) is 3.04. The van der Waals surface area contributed by atoms with Crippen molar-refractivity contribution in [2.24, 2.45) is 0 Å². The molecule has 5 nitrogen and oxygen atoms in total. The molecule has 0 spiro atoms. The molecule has 0 bridgehead atoms. The first kappa shape index (κ1) is 16.6. The molecule has 0 amide bonds. The minimum Gasteiger partial charge on any atom is -0.507 e. The Hall–Kier alpha value is -2.86. The number of anilines is 2. The fraction of sp³-hybridized carbons (Fsp3) is 0.100. The first-order chi connectivity index (χ1) is 12.5. The lowest BCUT2D eigenvalue weighted by molar-refractivity contribution is 0.477. The summed E-state index contributed by atoms with van der Waals surface area (Å²) in [6.45, 7) is 3.97. The second-order valence-electron chi connectivity index (χ2n) is 6.14. The summed E-state index contributed by atoms with van der Waals surface area (Å²) in [5, 5.41) is 13.9. The van der Waals surface area contributed by atoms with Crippen LogP contribution in [0.4, 0.5) is 11.5 Å². The van der Waals surface area contributed by atoms with E-state index in [1.807, 2.05) is 66.8 Å². The number of imidazole rings is 1. The van der Waals surface area contributed by atoms with Gasteiger partial charge in [0.05, 0.1) is 0 Å². The van der Waals surface area contributed by atoms with Gasteiger partial charge in [-0.2, -0.15) is 0 Å². The summed E-state index contributed by atoms with van der Waals surface area (Å²) in [7, 11) is 0. The van der Waals surface area contributed by atoms with Crippen LogP contribution in [0.25, 0.3) is 17.0 Å². The summed E-state index contributed by atoms with van der Waals surface area (Å²) in [6.07, 6.45) is 0. The summed E-state index contributed by atoms with van der Waals surface area (Å²) in [4.78, 5) is 9.26. The van der Waals surface area contributed by atoms with Crippen molar-refractivity contribution in [3.63, 3.8) is 0 Å². The van der Waals surface area contributed by atoms with E-state index in [-0.39, 0.29) is 5.75 Å². The van der Waals surface area contributed by atoms with Gasteiger partial charge in [0.2, 0.25) is 5.78 Å². The van der Waals surface area contributed by atoms with Gasteiger partial charge in [-0.1, -0.05) is 34.1 Å². The van der Waals surface area contributed by atoms with Crippen molar-refractivity contribution in [3.05, 3.63) is 70.5 Å². The molecular formula is C20H17BrN4O. The Kier molecular flexibility index (Phi) is 4.12. The van der Waals surface area contributed by atoms with E-state index in [0.29, 0.717) is 17.0 Å². The molecule has 0 aliphatic carbocycles. The van der Waals surface area contributed by atoms with Crippen molar-refractivity contribution >= 4 is 33.2 Å². The van der Waals surface area contributed by atoms with Crippen LogP contribution in [0.2, 0.25) is 0 Å². The number of nitrogens with zero attached hydrogens (tertiary/aromatic N) is 3. The molecule has 0 atom stereocenters. The number of aromatic nitrogens is 3. The minimum absolute atomic E-state index is 0.160. The number of aromatic hydroxyl groups is 1. The molecule has 0 saturated carbocycles. The Morgan fingerprint density at radius 3 is 2.50 bits per heavy atom. The number of fused-ring (bicyclic) bond motifs is 1. The smallest absolute Gasteiger partial charge is 0.236 e. The maximum Gasteiger partial charge on any atom is 0.236 e. The average Bonchev–Trinajstić information content (AvgIpc) is 2.94. The van der Waals surface area contributed by atoms with Crippen molar-refractivity contribution in [2.45, 2.75) is 13.8 Å². The van der Waals surface area contributed by atoms with E-state index in [0.717, 1.165) is 27.4 Å². The second kappa shape index (κ2) is 6.46. The predicted octanol–water partition coefficient (Wildman–Crippen LogP) is 5.22. The maximum atomic E-state index is 10.5. The molecule has 0 aliphatic heterocycles. The van der Waals surface area contributed by atoms with E-state index in [2.05, 4.69) is 26.2 Å². The number of hydrogen-bond acceptors (Lipinski definition) is 4. The zero-order valence-electron chi connectivity index (χ0n) is 14.4. The molecule has 2 aromatic carbocycles. The van der Waals surface area contributed by atoms with Crippen molar-refractivity contribution in [1.29, 1.82) is 0 Å². The third kappa shape index (κ3) is 2.93.